The number of esters is 2. The predicted molar refractivity (Wildman–Crippen MR) is 167 cm³/mol. The number of halogens is 1. The molecule has 2 amide bonds. The average molecular weight is 641 g/mol. The minimum atomic E-state index is -1.14. The Morgan fingerprint density at radius 2 is 1.73 bits per heavy atom. The van der Waals surface area contributed by atoms with Gasteiger partial charge in [0.1, 0.15) is 24.0 Å². The van der Waals surface area contributed by atoms with Crippen molar-refractivity contribution in [2.45, 2.75) is 77.4 Å². The molecule has 0 saturated carbocycles. The summed E-state index contributed by atoms with van der Waals surface area (Å²) in [7, 11) is 0. The van der Waals surface area contributed by atoms with E-state index in [1.165, 1.54) is 18.2 Å². The first kappa shape index (κ1) is 34.0. The summed E-state index contributed by atoms with van der Waals surface area (Å²) in [6.45, 7) is 7.24. The standard InChI is InChI=1S/C34H41ClN2O8/c1-19(2)15-28-34(42)43-27(21(4)30-31(45-30)23-9-6-5-7-10-23)11-8-12-29(39)37-25(17-22-13-14-26(38)24(35)16-22)32(40)36-18-20(3)33(41)44-28/h5-10,12-14,16,19-21,25,27-28,30-31,38H,11,15,17-18H2,1-4H3,(H,36,40)(H,37,39)/b12-8+/t20-,21+,25-,27+,28?,30-,31-/m1/s1. The zero-order valence-electron chi connectivity index (χ0n) is 25.9. The highest BCUT2D eigenvalue weighted by atomic mass is 35.5. The molecule has 2 aromatic carbocycles. The van der Waals surface area contributed by atoms with Gasteiger partial charge in [0.2, 0.25) is 11.8 Å². The lowest BCUT2D eigenvalue weighted by atomic mass is 9.93. The number of benzene rings is 2. The molecule has 1 unspecified atom stereocenters. The van der Waals surface area contributed by atoms with Gasteiger partial charge in [0.05, 0.1) is 17.0 Å². The first-order valence-corrected chi connectivity index (χ1v) is 15.6. The van der Waals surface area contributed by atoms with Crippen LogP contribution >= 0.6 is 11.6 Å². The molecule has 1 fully saturated rings. The lowest BCUT2D eigenvalue weighted by Crippen LogP contribution is -2.49. The number of carbonyl (C=O) groups excluding carboxylic acids is 4. The largest absolute Gasteiger partial charge is 0.506 e. The smallest absolute Gasteiger partial charge is 0.347 e. The van der Waals surface area contributed by atoms with Gasteiger partial charge in [-0.1, -0.05) is 81.8 Å². The van der Waals surface area contributed by atoms with E-state index in [4.69, 9.17) is 25.8 Å². The lowest BCUT2D eigenvalue weighted by Gasteiger charge is -2.27. The molecule has 1 saturated heterocycles. The van der Waals surface area contributed by atoms with E-state index in [9.17, 15) is 24.3 Å². The number of phenols is 1. The Hall–Kier alpha value is -3.89. The van der Waals surface area contributed by atoms with Crippen LogP contribution in [0.1, 0.15) is 57.8 Å². The van der Waals surface area contributed by atoms with E-state index in [2.05, 4.69) is 10.6 Å². The first-order chi connectivity index (χ1) is 21.4. The molecule has 7 atom stereocenters. The van der Waals surface area contributed by atoms with Crippen molar-refractivity contribution >= 4 is 35.4 Å². The van der Waals surface area contributed by atoms with Gasteiger partial charge in [0, 0.05) is 25.3 Å². The van der Waals surface area contributed by atoms with Gasteiger partial charge in [-0.05, 0) is 41.7 Å². The van der Waals surface area contributed by atoms with E-state index < -0.39 is 47.9 Å². The van der Waals surface area contributed by atoms with Crippen LogP contribution in [0.2, 0.25) is 5.02 Å². The fraction of sp³-hybridized carbons (Fsp3) is 0.471. The molecule has 242 valence electrons. The average Bonchev–Trinajstić information content (AvgIpc) is 3.81. The molecule has 11 heteroatoms. The number of cyclic esters (lactones) is 2. The van der Waals surface area contributed by atoms with E-state index in [0.29, 0.717) is 5.56 Å². The Kier molecular flexibility index (Phi) is 11.6. The van der Waals surface area contributed by atoms with Gasteiger partial charge < -0.3 is 30.0 Å². The Morgan fingerprint density at radius 1 is 1.00 bits per heavy atom. The number of phenolic OH excluding ortho intramolecular Hbond substituents is 1. The van der Waals surface area contributed by atoms with Crippen molar-refractivity contribution in [2.75, 3.05) is 6.54 Å². The zero-order valence-corrected chi connectivity index (χ0v) is 26.7. The zero-order chi connectivity index (χ0) is 32.7. The summed E-state index contributed by atoms with van der Waals surface area (Å²) >= 11 is 6.06. The van der Waals surface area contributed by atoms with Crippen LogP contribution in [0.3, 0.4) is 0 Å². The van der Waals surface area contributed by atoms with Gasteiger partial charge in [-0.3, -0.25) is 14.4 Å². The number of aromatic hydroxyl groups is 1. The van der Waals surface area contributed by atoms with E-state index in [-0.39, 0.29) is 60.6 Å². The monoisotopic (exact) mass is 640 g/mol. The van der Waals surface area contributed by atoms with Crippen LogP contribution in [-0.2, 0) is 39.8 Å². The summed E-state index contributed by atoms with van der Waals surface area (Å²) in [5.74, 6) is -3.49. The SMILES string of the molecule is CC(C)CC1OC(=O)[C@H](C)CNC(=O)[C@@H](Cc2ccc(O)c(Cl)c2)NC(=O)/C=C/C[C@@H]([C@H](C)[C@H]2O[C@@H]2c2ccccc2)OC1=O. The van der Waals surface area contributed by atoms with Crippen LogP contribution in [0.4, 0.5) is 0 Å². The summed E-state index contributed by atoms with van der Waals surface area (Å²) in [6, 6.07) is 13.3. The molecule has 2 aromatic rings. The van der Waals surface area contributed by atoms with Crippen LogP contribution in [0.15, 0.2) is 60.7 Å². The summed E-state index contributed by atoms with van der Waals surface area (Å²) in [4.78, 5) is 52.7. The normalized spacial score (nSPS) is 28.0. The van der Waals surface area contributed by atoms with Gasteiger partial charge in [0.25, 0.3) is 0 Å². The summed E-state index contributed by atoms with van der Waals surface area (Å²) in [6.07, 6.45) is 1.24. The van der Waals surface area contributed by atoms with E-state index in [1.54, 1.807) is 19.1 Å². The molecular formula is C34H41ClN2O8. The topological polar surface area (TPSA) is 144 Å². The third-order valence-electron chi connectivity index (χ3n) is 7.94. The van der Waals surface area contributed by atoms with Crippen molar-refractivity contribution in [1.29, 1.82) is 0 Å². The quantitative estimate of drug-likeness (QED) is 0.298. The molecular weight excluding hydrogens is 600 g/mol. The Bertz CT molecular complexity index is 1400. The maximum Gasteiger partial charge on any atom is 0.347 e. The minimum absolute atomic E-state index is 0.0267. The molecule has 2 aliphatic heterocycles. The number of hydrogen-bond donors (Lipinski definition) is 3. The lowest BCUT2D eigenvalue weighted by molar-refractivity contribution is -0.176. The van der Waals surface area contributed by atoms with Crippen molar-refractivity contribution in [3.05, 3.63) is 76.8 Å². The number of rotatable bonds is 7. The molecule has 4 rings (SSSR count). The minimum Gasteiger partial charge on any atom is -0.506 e. The Balaban J connectivity index is 1.58. The van der Waals surface area contributed by atoms with Crippen molar-refractivity contribution in [3.8, 4) is 5.75 Å². The second kappa shape index (κ2) is 15.4. The molecule has 0 aliphatic carbocycles. The molecule has 0 spiro atoms. The summed E-state index contributed by atoms with van der Waals surface area (Å²) < 4.78 is 17.6. The predicted octanol–water partition coefficient (Wildman–Crippen LogP) is 4.43. The van der Waals surface area contributed by atoms with Gasteiger partial charge >= 0.3 is 11.9 Å². The van der Waals surface area contributed by atoms with Gasteiger partial charge in [-0.15, -0.1) is 0 Å². The van der Waals surface area contributed by atoms with Crippen molar-refractivity contribution in [2.24, 2.45) is 17.8 Å². The van der Waals surface area contributed by atoms with E-state index in [0.717, 1.165) is 5.56 Å². The second-order valence-electron chi connectivity index (χ2n) is 12.2. The number of ether oxygens (including phenoxy) is 3. The number of carbonyl (C=O) groups is 4. The van der Waals surface area contributed by atoms with E-state index in [1.807, 2.05) is 51.1 Å². The van der Waals surface area contributed by atoms with Gasteiger partial charge in [0.15, 0.2) is 6.10 Å². The Morgan fingerprint density at radius 3 is 2.42 bits per heavy atom. The summed E-state index contributed by atoms with van der Waals surface area (Å²) in [5, 5.41) is 15.3. The number of epoxide rings is 1. The molecule has 2 heterocycles. The van der Waals surface area contributed by atoms with Gasteiger partial charge in [-0.25, -0.2) is 4.79 Å². The van der Waals surface area contributed by atoms with Crippen LogP contribution in [-0.4, -0.2) is 59.8 Å². The molecule has 0 bridgehead atoms. The molecule has 45 heavy (non-hydrogen) atoms. The van der Waals surface area contributed by atoms with Crippen LogP contribution in [0, 0.1) is 17.8 Å². The first-order valence-electron chi connectivity index (χ1n) is 15.3. The number of hydrogen-bond acceptors (Lipinski definition) is 8. The van der Waals surface area contributed by atoms with Crippen molar-refractivity contribution in [3.63, 3.8) is 0 Å². The fourth-order valence-electron chi connectivity index (χ4n) is 5.23. The molecule has 10 nitrogen and oxygen atoms in total. The van der Waals surface area contributed by atoms with E-state index >= 15 is 0 Å². The highest BCUT2D eigenvalue weighted by molar-refractivity contribution is 6.32. The number of amides is 2. The molecule has 3 N–H and O–H groups in total. The van der Waals surface area contributed by atoms with Gasteiger partial charge in [-0.2, -0.15) is 0 Å². The van der Waals surface area contributed by atoms with Crippen molar-refractivity contribution < 1.29 is 38.5 Å². The van der Waals surface area contributed by atoms with Crippen LogP contribution in [0.25, 0.3) is 0 Å². The third kappa shape index (κ3) is 9.55. The number of nitrogens with one attached hydrogen (secondary N) is 2. The fourth-order valence-corrected chi connectivity index (χ4v) is 5.43. The third-order valence-corrected chi connectivity index (χ3v) is 8.24. The van der Waals surface area contributed by atoms with Crippen molar-refractivity contribution in [1.82, 2.24) is 10.6 Å². The maximum absolute atomic E-state index is 13.4. The highest BCUT2D eigenvalue weighted by Gasteiger charge is 2.47. The second-order valence-corrected chi connectivity index (χ2v) is 12.6. The molecule has 2 aliphatic rings. The molecule has 0 radical (unpaired) electrons. The van der Waals surface area contributed by atoms with Crippen LogP contribution < -0.4 is 10.6 Å². The van der Waals surface area contributed by atoms with Crippen LogP contribution in [0.5, 0.6) is 5.75 Å². The maximum atomic E-state index is 13.4. The summed E-state index contributed by atoms with van der Waals surface area (Å²) in [5.41, 5.74) is 1.63. The molecule has 0 aromatic heterocycles. The Labute approximate surface area is 268 Å². The highest BCUT2D eigenvalue weighted by Crippen LogP contribution is 2.45.